The molecule has 1 N–H and O–H groups in total. The van der Waals surface area contributed by atoms with Gasteiger partial charge in [0, 0.05) is 30.1 Å². The Morgan fingerprint density at radius 1 is 1.33 bits per heavy atom. The fourth-order valence-electron chi connectivity index (χ4n) is 3.67. The molecule has 0 aromatic carbocycles. The Morgan fingerprint density at radius 3 is 2.85 bits per heavy atom. The number of aromatic nitrogens is 5. The van der Waals surface area contributed by atoms with Gasteiger partial charge in [0.15, 0.2) is 11.5 Å². The van der Waals surface area contributed by atoms with Gasteiger partial charge in [0.2, 0.25) is 0 Å². The molecule has 0 spiro atoms. The van der Waals surface area contributed by atoms with E-state index in [1.54, 1.807) is 18.3 Å². The SMILES string of the molecule is CC(CNC(=O)c1cc(C2CC2)nc2c1cnn2C(C)C)c1noc(-c2ccc(C#N)s2)n1. The molecule has 0 radical (unpaired) electrons. The second kappa shape index (κ2) is 8.41. The molecule has 1 amide bonds. The van der Waals surface area contributed by atoms with Gasteiger partial charge in [-0.25, -0.2) is 9.67 Å². The van der Waals surface area contributed by atoms with E-state index in [-0.39, 0.29) is 17.9 Å². The van der Waals surface area contributed by atoms with E-state index in [0.29, 0.717) is 34.6 Å². The number of amides is 1. The Balaban J connectivity index is 1.33. The van der Waals surface area contributed by atoms with E-state index in [4.69, 9.17) is 14.8 Å². The van der Waals surface area contributed by atoms with Crippen molar-refractivity contribution < 1.29 is 9.32 Å². The highest BCUT2D eigenvalue weighted by Crippen LogP contribution is 2.40. The van der Waals surface area contributed by atoms with Crippen molar-refractivity contribution in [3.63, 3.8) is 0 Å². The third-order valence-corrected chi connectivity index (χ3v) is 6.67. The standard InChI is InChI=1S/C23H23N7O2S/c1-12(2)30-21-17(11-26-30)16(8-18(27-21)14-4-5-14)22(31)25-10-13(3)20-28-23(32-29-20)19-7-6-15(9-24)33-19/h6-8,11-14H,4-5,10H2,1-3H3,(H,25,31). The number of nitrogens with one attached hydrogen (secondary N) is 1. The molecule has 4 heterocycles. The maximum Gasteiger partial charge on any atom is 0.268 e. The van der Waals surface area contributed by atoms with Crippen molar-refractivity contribution >= 4 is 28.3 Å². The minimum Gasteiger partial charge on any atom is -0.351 e. The predicted molar refractivity (Wildman–Crippen MR) is 123 cm³/mol. The van der Waals surface area contributed by atoms with E-state index in [2.05, 4.69) is 40.5 Å². The predicted octanol–water partition coefficient (Wildman–Crippen LogP) is 4.41. The summed E-state index contributed by atoms with van der Waals surface area (Å²) in [7, 11) is 0. The zero-order valence-corrected chi connectivity index (χ0v) is 19.4. The van der Waals surface area contributed by atoms with Crippen molar-refractivity contribution in [3.05, 3.63) is 46.4 Å². The molecule has 1 saturated carbocycles. The third-order valence-electron chi connectivity index (χ3n) is 5.69. The summed E-state index contributed by atoms with van der Waals surface area (Å²) in [4.78, 5) is 23.7. The van der Waals surface area contributed by atoms with Gasteiger partial charge < -0.3 is 9.84 Å². The van der Waals surface area contributed by atoms with Gasteiger partial charge >= 0.3 is 0 Å². The number of carbonyl (C=O) groups is 1. The van der Waals surface area contributed by atoms with Crippen molar-refractivity contribution in [3.8, 4) is 16.8 Å². The summed E-state index contributed by atoms with van der Waals surface area (Å²) in [5.74, 6) is 0.983. The van der Waals surface area contributed by atoms with E-state index >= 15 is 0 Å². The van der Waals surface area contributed by atoms with E-state index in [1.807, 2.05) is 17.7 Å². The lowest BCUT2D eigenvalue weighted by Gasteiger charge is -2.12. The van der Waals surface area contributed by atoms with Crippen LogP contribution in [0.1, 0.15) is 78.2 Å². The average Bonchev–Trinajstić information content (AvgIpc) is 3.20. The molecule has 5 rings (SSSR count). The largest absolute Gasteiger partial charge is 0.351 e. The van der Waals surface area contributed by atoms with Crippen LogP contribution in [-0.2, 0) is 0 Å². The number of rotatable bonds is 7. The van der Waals surface area contributed by atoms with Crippen LogP contribution in [0.25, 0.3) is 21.8 Å². The summed E-state index contributed by atoms with van der Waals surface area (Å²) in [6, 6.07) is 7.67. The smallest absolute Gasteiger partial charge is 0.268 e. The molecular weight excluding hydrogens is 438 g/mol. The number of fused-ring (bicyclic) bond motifs is 1. The number of hydrogen-bond acceptors (Lipinski definition) is 8. The first-order chi connectivity index (χ1) is 15.9. The Hall–Kier alpha value is -3.58. The first kappa shape index (κ1) is 21.3. The molecule has 1 aliphatic rings. The molecule has 1 fully saturated rings. The molecule has 0 bridgehead atoms. The minimum atomic E-state index is -0.167. The van der Waals surface area contributed by atoms with Crippen LogP contribution in [-0.4, -0.2) is 37.4 Å². The number of carbonyl (C=O) groups excluding carboxylic acids is 1. The molecule has 1 atom stereocenters. The molecule has 33 heavy (non-hydrogen) atoms. The summed E-state index contributed by atoms with van der Waals surface area (Å²) >= 11 is 1.30. The van der Waals surface area contributed by atoms with E-state index in [0.717, 1.165) is 34.4 Å². The molecule has 4 aromatic heterocycles. The molecule has 168 valence electrons. The van der Waals surface area contributed by atoms with Gasteiger partial charge in [-0.1, -0.05) is 12.1 Å². The van der Waals surface area contributed by atoms with Crippen LogP contribution in [0.3, 0.4) is 0 Å². The maximum absolute atomic E-state index is 13.2. The van der Waals surface area contributed by atoms with Crippen LogP contribution >= 0.6 is 11.3 Å². The van der Waals surface area contributed by atoms with Crippen LogP contribution in [0.15, 0.2) is 28.9 Å². The fraction of sp³-hybridized carbons (Fsp3) is 0.391. The number of pyridine rings is 1. The quantitative estimate of drug-likeness (QED) is 0.432. The summed E-state index contributed by atoms with van der Waals surface area (Å²) in [5.41, 5.74) is 2.30. The van der Waals surface area contributed by atoms with Crippen LogP contribution in [0.2, 0.25) is 0 Å². The first-order valence-electron chi connectivity index (χ1n) is 10.9. The monoisotopic (exact) mass is 461 g/mol. The van der Waals surface area contributed by atoms with Gasteiger partial charge in [-0.2, -0.15) is 15.3 Å². The normalized spacial score (nSPS) is 14.5. The second-order valence-electron chi connectivity index (χ2n) is 8.63. The zero-order chi connectivity index (χ0) is 23.1. The third kappa shape index (κ3) is 4.12. The molecule has 1 unspecified atom stereocenters. The zero-order valence-electron chi connectivity index (χ0n) is 18.6. The van der Waals surface area contributed by atoms with Gasteiger partial charge in [-0.3, -0.25) is 4.79 Å². The van der Waals surface area contributed by atoms with Crippen LogP contribution in [0.4, 0.5) is 0 Å². The Bertz CT molecular complexity index is 1370. The fourth-order valence-corrected chi connectivity index (χ4v) is 4.40. The van der Waals surface area contributed by atoms with Gasteiger partial charge in [-0.15, -0.1) is 11.3 Å². The molecule has 0 aliphatic heterocycles. The second-order valence-corrected chi connectivity index (χ2v) is 9.72. The molecule has 1 aliphatic carbocycles. The van der Waals surface area contributed by atoms with Gasteiger partial charge in [0.05, 0.1) is 22.0 Å². The van der Waals surface area contributed by atoms with E-state index < -0.39 is 0 Å². The lowest BCUT2D eigenvalue weighted by atomic mass is 10.1. The summed E-state index contributed by atoms with van der Waals surface area (Å²) < 4.78 is 7.23. The van der Waals surface area contributed by atoms with Crippen LogP contribution in [0, 0.1) is 11.3 Å². The molecule has 10 heteroatoms. The van der Waals surface area contributed by atoms with Crippen molar-refractivity contribution in [1.29, 1.82) is 5.26 Å². The lowest BCUT2D eigenvalue weighted by molar-refractivity contribution is 0.0952. The van der Waals surface area contributed by atoms with Gasteiger partial charge in [0.1, 0.15) is 10.9 Å². The van der Waals surface area contributed by atoms with Gasteiger partial charge in [-0.05, 0) is 44.9 Å². The molecular formula is C23H23N7O2S. The Kier molecular flexibility index (Phi) is 5.42. The lowest BCUT2D eigenvalue weighted by Crippen LogP contribution is -2.28. The van der Waals surface area contributed by atoms with Crippen molar-refractivity contribution in [2.45, 2.75) is 51.5 Å². The van der Waals surface area contributed by atoms with E-state index in [9.17, 15) is 4.79 Å². The topological polar surface area (TPSA) is 123 Å². The average molecular weight is 462 g/mol. The number of hydrogen-bond donors (Lipinski definition) is 1. The van der Waals surface area contributed by atoms with Crippen LogP contribution < -0.4 is 5.32 Å². The molecule has 4 aromatic rings. The summed E-state index contributed by atoms with van der Waals surface area (Å²) in [5, 5.41) is 21.3. The summed E-state index contributed by atoms with van der Waals surface area (Å²) in [6.07, 6.45) is 3.93. The number of nitrogens with zero attached hydrogens (tertiary/aromatic N) is 6. The molecule has 0 saturated heterocycles. The van der Waals surface area contributed by atoms with Gasteiger partial charge in [0.25, 0.3) is 11.8 Å². The van der Waals surface area contributed by atoms with Crippen molar-refractivity contribution in [2.75, 3.05) is 6.54 Å². The Labute approximate surface area is 194 Å². The Morgan fingerprint density at radius 2 is 2.15 bits per heavy atom. The van der Waals surface area contributed by atoms with E-state index in [1.165, 1.54) is 11.3 Å². The maximum atomic E-state index is 13.2. The first-order valence-corrected chi connectivity index (χ1v) is 11.8. The highest BCUT2D eigenvalue weighted by atomic mass is 32.1. The highest BCUT2D eigenvalue weighted by Gasteiger charge is 2.28. The highest BCUT2D eigenvalue weighted by molar-refractivity contribution is 7.15. The number of nitriles is 1. The molecule has 9 nitrogen and oxygen atoms in total. The van der Waals surface area contributed by atoms with Crippen molar-refractivity contribution in [1.82, 2.24) is 30.2 Å². The van der Waals surface area contributed by atoms with Crippen LogP contribution in [0.5, 0.6) is 0 Å². The summed E-state index contributed by atoms with van der Waals surface area (Å²) in [6.45, 7) is 6.39. The van der Waals surface area contributed by atoms with Crippen molar-refractivity contribution in [2.24, 2.45) is 0 Å². The minimum absolute atomic E-state index is 0.152. The number of thiophene rings is 1.